The van der Waals surface area contributed by atoms with Crippen molar-refractivity contribution in [3.8, 4) is 16.8 Å². The van der Waals surface area contributed by atoms with Crippen molar-refractivity contribution in [2.24, 2.45) is 11.8 Å². The molecule has 51 heavy (non-hydrogen) atoms. The molecule has 0 spiro atoms. The minimum absolute atomic E-state index is 0.280. The first-order valence-electron chi connectivity index (χ1n) is 18.1. The van der Waals surface area contributed by atoms with Gasteiger partial charge >= 0.3 is 0 Å². The topological polar surface area (TPSA) is 18.1 Å². The molecule has 4 aliphatic carbocycles. The molecule has 0 N–H and O–H groups in total. The van der Waals surface area contributed by atoms with E-state index < -0.39 is 0 Å². The highest BCUT2D eigenvalue weighted by molar-refractivity contribution is 6.15. The molecule has 0 bridgehead atoms. The molecule has 240 valence electrons. The zero-order valence-corrected chi connectivity index (χ0v) is 28.4. The first kappa shape index (κ1) is 27.7. The SMILES string of the molecule is CC1(C)c2c(ccc3c2oc2ccccc23)-c2ccc3c4ccccc4n(-c4ccc(C5=CC=C6c7ccccc7C7=CC=CC5C76)cc4)c3c21. The minimum Gasteiger partial charge on any atom is -0.456 e. The number of fused-ring (bicyclic) bond motifs is 14. The molecule has 2 aromatic heterocycles. The maximum Gasteiger partial charge on any atom is 0.140 e. The molecule has 4 aliphatic rings. The number of benzene rings is 6. The molecular formula is C49H33NO. The van der Waals surface area contributed by atoms with Gasteiger partial charge in [-0.3, -0.25) is 0 Å². The number of hydrogen-bond acceptors (Lipinski definition) is 1. The quantitative estimate of drug-likeness (QED) is 0.182. The Balaban J connectivity index is 1.04. The summed E-state index contributed by atoms with van der Waals surface area (Å²) in [4.78, 5) is 0. The highest BCUT2D eigenvalue weighted by Gasteiger charge is 2.42. The summed E-state index contributed by atoms with van der Waals surface area (Å²) in [5.41, 5.74) is 18.9. The second-order valence-electron chi connectivity index (χ2n) is 15.2. The smallest absolute Gasteiger partial charge is 0.140 e. The minimum atomic E-state index is -0.280. The lowest BCUT2D eigenvalue weighted by Crippen LogP contribution is -2.18. The van der Waals surface area contributed by atoms with E-state index >= 15 is 0 Å². The van der Waals surface area contributed by atoms with Crippen LogP contribution in [0.25, 0.3) is 77.3 Å². The first-order valence-corrected chi connectivity index (χ1v) is 18.1. The molecule has 6 aromatic carbocycles. The van der Waals surface area contributed by atoms with Crippen LogP contribution in [-0.4, -0.2) is 4.57 Å². The molecule has 0 radical (unpaired) electrons. The summed E-state index contributed by atoms with van der Waals surface area (Å²) in [7, 11) is 0. The van der Waals surface area contributed by atoms with E-state index in [1.807, 2.05) is 0 Å². The molecule has 12 rings (SSSR count). The van der Waals surface area contributed by atoms with Crippen molar-refractivity contribution in [1.82, 2.24) is 4.57 Å². The first-order chi connectivity index (χ1) is 25.1. The average molecular weight is 652 g/mol. The summed E-state index contributed by atoms with van der Waals surface area (Å²) in [6, 6.07) is 44.8. The monoisotopic (exact) mass is 651 g/mol. The van der Waals surface area contributed by atoms with Gasteiger partial charge in [0.25, 0.3) is 0 Å². The molecule has 0 saturated heterocycles. The Hall–Kier alpha value is -6.12. The van der Waals surface area contributed by atoms with Crippen LogP contribution in [0.2, 0.25) is 0 Å². The van der Waals surface area contributed by atoms with Crippen molar-refractivity contribution in [2.75, 3.05) is 0 Å². The molecule has 2 atom stereocenters. The van der Waals surface area contributed by atoms with E-state index in [2.05, 4.69) is 170 Å². The lowest BCUT2D eigenvalue weighted by Gasteiger charge is -2.31. The van der Waals surface area contributed by atoms with E-state index in [-0.39, 0.29) is 5.41 Å². The number of para-hydroxylation sites is 2. The maximum absolute atomic E-state index is 6.67. The molecule has 0 amide bonds. The van der Waals surface area contributed by atoms with E-state index in [4.69, 9.17) is 4.42 Å². The Morgan fingerprint density at radius 1 is 0.549 bits per heavy atom. The van der Waals surface area contributed by atoms with Crippen LogP contribution >= 0.6 is 0 Å². The van der Waals surface area contributed by atoms with E-state index in [0.717, 1.165) is 11.2 Å². The Kier molecular flexibility index (Phi) is 5.19. The molecule has 0 saturated carbocycles. The Morgan fingerprint density at radius 3 is 2.04 bits per heavy atom. The zero-order valence-electron chi connectivity index (χ0n) is 28.4. The fourth-order valence-electron chi connectivity index (χ4n) is 10.3. The fraction of sp³-hybridized carbons (Fsp3) is 0.102. The van der Waals surface area contributed by atoms with Gasteiger partial charge in [0.05, 0.1) is 11.0 Å². The van der Waals surface area contributed by atoms with E-state index in [0.29, 0.717) is 11.8 Å². The normalized spacial score (nSPS) is 19.2. The summed E-state index contributed by atoms with van der Waals surface area (Å²) in [6.45, 7) is 4.77. The zero-order chi connectivity index (χ0) is 33.6. The summed E-state index contributed by atoms with van der Waals surface area (Å²) in [6.07, 6.45) is 11.7. The molecule has 2 heteroatoms. The maximum atomic E-state index is 6.67. The molecule has 0 fully saturated rings. The van der Waals surface area contributed by atoms with Crippen molar-refractivity contribution in [3.05, 3.63) is 180 Å². The van der Waals surface area contributed by atoms with Gasteiger partial charge in [-0.05, 0) is 80.4 Å². The highest BCUT2D eigenvalue weighted by Crippen LogP contribution is 2.57. The van der Waals surface area contributed by atoms with Crippen LogP contribution in [0.3, 0.4) is 0 Å². The second-order valence-corrected chi connectivity index (χ2v) is 15.2. The Labute approximate surface area is 296 Å². The molecule has 2 nitrogen and oxygen atoms in total. The molecule has 2 heterocycles. The van der Waals surface area contributed by atoms with Crippen LogP contribution in [0.15, 0.2) is 156 Å². The number of hydrogen-bond donors (Lipinski definition) is 0. The summed E-state index contributed by atoms with van der Waals surface area (Å²) in [5, 5.41) is 4.93. The Bertz CT molecular complexity index is 2990. The molecule has 8 aromatic rings. The van der Waals surface area contributed by atoms with Gasteiger partial charge in [0, 0.05) is 50.0 Å². The summed E-state index contributed by atoms with van der Waals surface area (Å²) < 4.78 is 9.18. The third-order valence-corrected chi connectivity index (χ3v) is 12.4. The molecule has 2 unspecified atom stereocenters. The second kappa shape index (κ2) is 9.56. The predicted molar refractivity (Wildman–Crippen MR) is 212 cm³/mol. The number of aromatic nitrogens is 1. The van der Waals surface area contributed by atoms with Gasteiger partial charge in [-0.1, -0.05) is 135 Å². The standard InChI is InChI=1S/C49H33NO/c1-49(2)45-38(39-25-27-41-34-13-6-8-17-43(34)51-48(41)46(39)49)24-26-40-33-12-5-7-16-42(33)50(47(40)45)29-20-18-28(19-21-29)30-22-23-37-32-11-4-3-10-31(32)36-15-9-14-35(30)44(36)37/h3-27,35,44H,1-2H3. The largest absolute Gasteiger partial charge is 0.456 e. The lowest BCUT2D eigenvalue weighted by molar-refractivity contribution is 0.621. The van der Waals surface area contributed by atoms with Gasteiger partial charge in [-0.25, -0.2) is 0 Å². The van der Waals surface area contributed by atoms with Gasteiger partial charge < -0.3 is 8.98 Å². The summed E-state index contributed by atoms with van der Waals surface area (Å²) in [5.74, 6) is 0.711. The number of furan rings is 1. The van der Waals surface area contributed by atoms with Crippen molar-refractivity contribution in [1.29, 1.82) is 0 Å². The third-order valence-electron chi connectivity index (χ3n) is 12.4. The van der Waals surface area contributed by atoms with Crippen LogP contribution < -0.4 is 0 Å². The Morgan fingerprint density at radius 2 is 1.22 bits per heavy atom. The number of nitrogens with zero attached hydrogens (tertiary/aromatic N) is 1. The fourth-order valence-corrected chi connectivity index (χ4v) is 10.3. The van der Waals surface area contributed by atoms with E-state index in [1.165, 1.54) is 93.9 Å². The van der Waals surface area contributed by atoms with Crippen molar-refractivity contribution >= 4 is 60.5 Å². The number of allylic oxidation sites excluding steroid dienone is 8. The highest BCUT2D eigenvalue weighted by atomic mass is 16.3. The van der Waals surface area contributed by atoms with Crippen LogP contribution in [-0.2, 0) is 5.41 Å². The van der Waals surface area contributed by atoms with Crippen molar-refractivity contribution in [3.63, 3.8) is 0 Å². The van der Waals surface area contributed by atoms with Crippen molar-refractivity contribution in [2.45, 2.75) is 19.3 Å². The van der Waals surface area contributed by atoms with E-state index in [9.17, 15) is 0 Å². The van der Waals surface area contributed by atoms with Crippen LogP contribution in [0.5, 0.6) is 0 Å². The molecular weight excluding hydrogens is 619 g/mol. The van der Waals surface area contributed by atoms with Gasteiger partial charge in [0.2, 0.25) is 0 Å². The van der Waals surface area contributed by atoms with Gasteiger partial charge in [0.1, 0.15) is 11.2 Å². The van der Waals surface area contributed by atoms with Crippen molar-refractivity contribution < 1.29 is 4.42 Å². The lowest BCUT2D eigenvalue weighted by atomic mass is 9.72. The summed E-state index contributed by atoms with van der Waals surface area (Å²) >= 11 is 0. The molecule has 0 aliphatic heterocycles. The van der Waals surface area contributed by atoms with Crippen LogP contribution in [0.1, 0.15) is 41.7 Å². The van der Waals surface area contributed by atoms with Gasteiger partial charge in [-0.15, -0.1) is 0 Å². The van der Waals surface area contributed by atoms with Gasteiger partial charge in [-0.2, -0.15) is 0 Å². The van der Waals surface area contributed by atoms with Crippen LogP contribution in [0.4, 0.5) is 0 Å². The average Bonchev–Trinajstić information content (AvgIpc) is 3.88. The third kappa shape index (κ3) is 3.43. The predicted octanol–water partition coefficient (Wildman–Crippen LogP) is 12.7. The van der Waals surface area contributed by atoms with E-state index in [1.54, 1.807) is 0 Å². The van der Waals surface area contributed by atoms with Crippen LogP contribution in [0, 0.1) is 11.8 Å². The van der Waals surface area contributed by atoms with Gasteiger partial charge in [0.15, 0.2) is 0 Å². The number of rotatable bonds is 2.